The molecule has 0 saturated heterocycles. The summed E-state index contributed by atoms with van der Waals surface area (Å²) in [6.45, 7) is 1.80. The highest BCUT2D eigenvalue weighted by Gasteiger charge is 2.08. The van der Waals surface area contributed by atoms with Gasteiger partial charge in [-0.2, -0.15) is 0 Å². The maximum Gasteiger partial charge on any atom is 0.166 e. The zero-order chi connectivity index (χ0) is 13.1. The van der Waals surface area contributed by atoms with Gasteiger partial charge in [-0.15, -0.1) is 0 Å². The number of rotatable bonds is 3. The molecule has 0 aliphatic heterocycles. The van der Waals surface area contributed by atoms with Gasteiger partial charge < -0.3 is 10.5 Å². The monoisotopic (exact) mass is 265 g/mol. The molecular formula is C14H13ClFNO. The van der Waals surface area contributed by atoms with Crippen molar-refractivity contribution in [3.63, 3.8) is 0 Å². The predicted octanol–water partition coefficient (Wildman–Crippen LogP) is 4.29. The zero-order valence-corrected chi connectivity index (χ0v) is 10.6. The second-order valence-corrected chi connectivity index (χ2v) is 4.47. The highest BCUT2D eigenvalue weighted by molar-refractivity contribution is 6.30. The minimum Gasteiger partial charge on any atom is -0.454 e. The van der Waals surface area contributed by atoms with Gasteiger partial charge in [0.25, 0.3) is 0 Å². The fraction of sp³-hybridized carbons (Fsp3) is 0.143. The summed E-state index contributed by atoms with van der Waals surface area (Å²) in [4.78, 5) is 0. The fourth-order valence-corrected chi connectivity index (χ4v) is 1.72. The second-order valence-electron chi connectivity index (χ2n) is 4.04. The summed E-state index contributed by atoms with van der Waals surface area (Å²) in [6, 6.07) is 11.3. The van der Waals surface area contributed by atoms with Crippen molar-refractivity contribution < 1.29 is 9.13 Å². The minimum atomic E-state index is -0.440. The number of halogens is 2. The van der Waals surface area contributed by atoms with Crippen LogP contribution in [-0.2, 0) is 0 Å². The molecule has 2 nitrogen and oxygen atoms in total. The Morgan fingerprint density at radius 2 is 2.00 bits per heavy atom. The van der Waals surface area contributed by atoms with E-state index in [2.05, 4.69) is 0 Å². The highest BCUT2D eigenvalue weighted by atomic mass is 35.5. The first-order valence-corrected chi connectivity index (χ1v) is 5.92. The third-order valence-corrected chi connectivity index (χ3v) is 2.74. The van der Waals surface area contributed by atoms with Crippen LogP contribution in [0, 0.1) is 5.82 Å². The maximum absolute atomic E-state index is 13.8. The van der Waals surface area contributed by atoms with E-state index >= 15 is 0 Å². The first-order valence-electron chi connectivity index (χ1n) is 5.54. The van der Waals surface area contributed by atoms with E-state index in [-0.39, 0.29) is 11.8 Å². The maximum atomic E-state index is 13.8. The van der Waals surface area contributed by atoms with Crippen LogP contribution in [0.1, 0.15) is 18.5 Å². The van der Waals surface area contributed by atoms with Gasteiger partial charge in [-0.25, -0.2) is 4.39 Å². The zero-order valence-electron chi connectivity index (χ0n) is 9.86. The molecule has 0 radical (unpaired) electrons. The van der Waals surface area contributed by atoms with E-state index in [1.807, 2.05) is 0 Å². The van der Waals surface area contributed by atoms with Crippen molar-refractivity contribution in [2.75, 3.05) is 0 Å². The van der Waals surface area contributed by atoms with Gasteiger partial charge in [0.15, 0.2) is 11.6 Å². The molecule has 0 fully saturated rings. The third kappa shape index (κ3) is 3.00. The average molecular weight is 266 g/mol. The van der Waals surface area contributed by atoms with Gasteiger partial charge >= 0.3 is 0 Å². The van der Waals surface area contributed by atoms with Crippen LogP contribution in [0.25, 0.3) is 0 Å². The van der Waals surface area contributed by atoms with Crippen molar-refractivity contribution in [3.05, 3.63) is 58.9 Å². The molecule has 2 N–H and O–H groups in total. The summed E-state index contributed by atoms with van der Waals surface area (Å²) in [6.07, 6.45) is 0. The van der Waals surface area contributed by atoms with Crippen molar-refractivity contribution in [2.45, 2.75) is 13.0 Å². The molecule has 0 saturated carbocycles. The predicted molar refractivity (Wildman–Crippen MR) is 70.5 cm³/mol. The second kappa shape index (κ2) is 5.38. The molecule has 0 unspecified atom stereocenters. The molecule has 1 atom stereocenters. The Morgan fingerprint density at radius 1 is 1.22 bits per heavy atom. The van der Waals surface area contributed by atoms with Gasteiger partial charge in [0, 0.05) is 11.1 Å². The van der Waals surface area contributed by atoms with Crippen molar-refractivity contribution >= 4 is 11.6 Å². The molecule has 0 aliphatic rings. The van der Waals surface area contributed by atoms with E-state index in [0.29, 0.717) is 10.8 Å². The molecule has 2 aromatic rings. The van der Waals surface area contributed by atoms with Crippen LogP contribution in [0.4, 0.5) is 4.39 Å². The van der Waals surface area contributed by atoms with Crippen molar-refractivity contribution in [3.8, 4) is 11.5 Å². The molecule has 0 amide bonds. The lowest BCUT2D eigenvalue weighted by atomic mass is 10.1. The molecule has 18 heavy (non-hydrogen) atoms. The summed E-state index contributed by atoms with van der Waals surface area (Å²) in [5.41, 5.74) is 6.41. The minimum absolute atomic E-state index is 0.154. The fourth-order valence-electron chi connectivity index (χ4n) is 1.54. The summed E-state index contributed by atoms with van der Waals surface area (Å²) in [7, 11) is 0. The third-order valence-electron chi connectivity index (χ3n) is 2.51. The molecular weight excluding hydrogens is 253 g/mol. The molecule has 2 aromatic carbocycles. The lowest BCUT2D eigenvalue weighted by molar-refractivity contribution is 0.441. The summed E-state index contributed by atoms with van der Waals surface area (Å²) >= 11 is 5.83. The van der Waals surface area contributed by atoms with Crippen LogP contribution < -0.4 is 10.5 Å². The Kier molecular flexibility index (Phi) is 3.84. The van der Waals surface area contributed by atoms with Crippen LogP contribution in [-0.4, -0.2) is 0 Å². The Labute approximate surface area is 110 Å². The standard InChI is InChI=1S/C14H13ClFNO/c1-9(17)10-5-6-14(13(16)7-10)18-12-4-2-3-11(15)8-12/h2-9H,17H2,1H3/t9-/m1/s1. The van der Waals surface area contributed by atoms with Gasteiger partial charge in [-0.3, -0.25) is 0 Å². The Hall–Kier alpha value is -1.58. The number of benzene rings is 2. The van der Waals surface area contributed by atoms with Crippen LogP contribution >= 0.6 is 11.6 Å². The molecule has 0 spiro atoms. The molecule has 94 valence electrons. The Bertz CT molecular complexity index is 557. The highest BCUT2D eigenvalue weighted by Crippen LogP contribution is 2.27. The molecule has 0 bridgehead atoms. The normalized spacial score (nSPS) is 12.2. The average Bonchev–Trinajstić information content (AvgIpc) is 2.31. The molecule has 0 heterocycles. The van der Waals surface area contributed by atoms with Gasteiger partial charge in [-0.05, 0) is 42.8 Å². The van der Waals surface area contributed by atoms with Crippen LogP contribution in [0.5, 0.6) is 11.5 Å². The van der Waals surface area contributed by atoms with E-state index in [4.69, 9.17) is 22.1 Å². The summed E-state index contributed by atoms with van der Waals surface area (Å²) in [5, 5.41) is 0.542. The van der Waals surface area contributed by atoms with E-state index in [9.17, 15) is 4.39 Å². The van der Waals surface area contributed by atoms with E-state index < -0.39 is 5.82 Å². The number of hydrogen-bond donors (Lipinski definition) is 1. The van der Waals surface area contributed by atoms with Crippen molar-refractivity contribution in [1.82, 2.24) is 0 Å². The van der Waals surface area contributed by atoms with Gasteiger partial charge in [0.2, 0.25) is 0 Å². The molecule has 2 rings (SSSR count). The lowest BCUT2D eigenvalue weighted by Gasteiger charge is -2.10. The van der Waals surface area contributed by atoms with Gasteiger partial charge in [-0.1, -0.05) is 23.7 Å². The lowest BCUT2D eigenvalue weighted by Crippen LogP contribution is -2.05. The largest absolute Gasteiger partial charge is 0.454 e. The Balaban J connectivity index is 2.24. The van der Waals surface area contributed by atoms with Crippen molar-refractivity contribution in [2.24, 2.45) is 5.73 Å². The van der Waals surface area contributed by atoms with Crippen LogP contribution in [0.2, 0.25) is 5.02 Å². The SMILES string of the molecule is C[C@@H](N)c1ccc(Oc2cccc(Cl)c2)c(F)c1. The van der Waals surface area contributed by atoms with Crippen LogP contribution in [0.3, 0.4) is 0 Å². The summed E-state index contributed by atoms with van der Waals surface area (Å²) in [5.74, 6) is 0.210. The smallest absolute Gasteiger partial charge is 0.166 e. The van der Waals surface area contributed by atoms with Crippen LogP contribution in [0.15, 0.2) is 42.5 Å². The first kappa shape index (κ1) is 12.9. The number of hydrogen-bond acceptors (Lipinski definition) is 2. The molecule has 0 aromatic heterocycles. The molecule has 4 heteroatoms. The van der Waals surface area contributed by atoms with E-state index in [1.54, 1.807) is 43.3 Å². The van der Waals surface area contributed by atoms with Gasteiger partial charge in [0.05, 0.1) is 0 Å². The van der Waals surface area contributed by atoms with Crippen molar-refractivity contribution in [1.29, 1.82) is 0 Å². The first-order chi connectivity index (χ1) is 8.56. The number of nitrogens with two attached hydrogens (primary N) is 1. The van der Waals surface area contributed by atoms with Gasteiger partial charge in [0.1, 0.15) is 5.75 Å². The quantitative estimate of drug-likeness (QED) is 0.898. The van der Waals surface area contributed by atoms with E-state index in [1.165, 1.54) is 6.07 Å². The topological polar surface area (TPSA) is 35.2 Å². The molecule has 0 aliphatic carbocycles. The Morgan fingerprint density at radius 3 is 2.61 bits per heavy atom. The summed E-state index contributed by atoms with van der Waals surface area (Å²) < 4.78 is 19.2. The number of ether oxygens (including phenoxy) is 1. The van der Waals surface area contributed by atoms with E-state index in [0.717, 1.165) is 5.56 Å².